The third kappa shape index (κ3) is 2.98. The molecule has 0 radical (unpaired) electrons. The van der Waals surface area contributed by atoms with Crippen molar-refractivity contribution in [2.45, 2.75) is 11.8 Å². The van der Waals surface area contributed by atoms with Gasteiger partial charge in [0.1, 0.15) is 5.82 Å². The first-order valence-corrected chi connectivity index (χ1v) is 8.74. The zero-order valence-corrected chi connectivity index (χ0v) is 13.9. The van der Waals surface area contributed by atoms with Gasteiger partial charge in [0, 0.05) is 44.4 Å². The molecule has 3 nitrogen and oxygen atoms in total. The summed E-state index contributed by atoms with van der Waals surface area (Å²) in [6, 6.07) is 15.3. The fourth-order valence-corrected chi connectivity index (χ4v) is 2.94. The van der Waals surface area contributed by atoms with Crippen LogP contribution in [-0.4, -0.2) is 20.0 Å². The minimum absolute atomic E-state index is 0.702. The lowest BCUT2D eigenvalue weighted by Crippen LogP contribution is -1.97. The number of imidazole rings is 1. The van der Waals surface area contributed by atoms with Crippen LogP contribution >= 0.6 is 11.6 Å². The zero-order valence-electron chi connectivity index (χ0n) is 12.3. The lowest BCUT2D eigenvalue weighted by atomic mass is 10.2. The third-order valence-electron chi connectivity index (χ3n) is 3.38. The number of aryl methyl sites for hydroxylation is 1. The van der Waals surface area contributed by atoms with Gasteiger partial charge in [0.25, 0.3) is 0 Å². The van der Waals surface area contributed by atoms with Crippen molar-refractivity contribution in [2.75, 3.05) is 6.26 Å². The van der Waals surface area contributed by atoms with E-state index in [-0.39, 0.29) is 0 Å². The van der Waals surface area contributed by atoms with E-state index in [0.717, 1.165) is 27.7 Å². The van der Waals surface area contributed by atoms with Crippen molar-refractivity contribution in [3.05, 3.63) is 65.4 Å². The summed E-state index contributed by atoms with van der Waals surface area (Å²) < 4.78 is 13.5. The highest BCUT2D eigenvalue weighted by molar-refractivity contribution is 7.84. The summed E-state index contributed by atoms with van der Waals surface area (Å²) in [5, 5.41) is 0.702. The van der Waals surface area contributed by atoms with Crippen molar-refractivity contribution in [3.63, 3.8) is 0 Å². The summed E-state index contributed by atoms with van der Waals surface area (Å²) in [5.74, 6) is 0.861. The van der Waals surface area contributed by atoms with Crippen LogP contribution < -0.4 is 0 Å². The van der Waals surface area contributed by atoms with E-state index in [1.807, 2.05) is 66.2 Å². The monoisotopic (exact) mass is 330 g/mol. The predicted molar refractivity (Wildman–Crippen MR) is 91.1 cm³/mol. The Morgan fingerprint density at radius 1 is 1.05 bits per heavy atom. The second-order valence-electron chi connectivity index (χ2n) is 5.03. The molecule has 0 bridgehead atoms. The lowest BCUT2D eigenvalue weighted by Gasteiger charge is -2.08. The van der Waals surface area contributed by atoms with Crippen LogP contribution in [0.25, 0.3) is 17.1 Å². The van der Waals surface area contributed by atoms with Gasteiger partial charge in [0.05, 0.1) is 5.69 Å². The average molecular weight is 331 g/mol. The third-order valence-corrected chi connectivity index (χ3v) is 4.56. The maximum Gasteiger partial charge on any atom is 0.144 e. The van der Waals surface area contributed by atoms with Crippen LogP contribution in [-0.2, 0) is 10.8 Å². The Hall–Kier alpha value is -1.91. The molecule has 0 aliphatic carbocycles. The Bertz CT molecular complexity index is 823. The van der Waals surface area contributed by atoms with Gasteiger partial charge in [-0.1, -0.05) is 11.6 Å². The van der Waals surface area contributed by atoms with Crippen molar-refractivity contribution in [2.24, 2.45) is 0 Å². The first kappa shape index (κ1) is 15.0. The van der Waals surface area contributed by atoms with E-state index in [9.17, 15) is 4.21 Å². The van der Waals surface area contributed by atoms with Crippen LogP contribution in [0.2, 0.25) is 5.02 Å². The highest BCUT2D eigenvalue weighted by Crippen LogP contribution is 2.24. The number of hydrogen-bond donors (Lipinski definition) is 0. The highest BCUT2D eigenvalue weighted by atomic mass is 35.5. The van der Waals surface area contributed by atoms with Gasteiger partial charge in [-0.05, 0) is 55.5 Å². The van der Waals surface area contributed by atoms with Gasteiger partial charge in [-0.15, -0.1) is 0 Å². The molecule has 0 amide bonds. The van der Waals surface area contributed by atoms with Gasteiger partial charge in [-0.3, -0.25) is 8.78 Å². The molecule has 3 rings (SSSR count). The van der Waals surface area contributed by atoms with Crippen LogP contribution in [0.1, 0.15) is 5.69 Å². The van der Waals surface area contributed by atoms with Gasteiger partial charge in [-0.2, -0.15) is 0 Å². The number of rotatable bonds is 3. The van der Waals surface area contributed by atoms with Gasteiger partial charge in [0.15, 0.2) is 0 Å². The Balaban J connectivity index is 2.07. The van der Waals surface area contributed by atoms with E-state index >= 15 is 0 Å². The first-order valence-electron chi connectivity index (χ1n) is 6.80. The molecule has 0 aliphatic rings. The molecule has 0 saturated heterocycles. The van der Waals surface area contributed by atoms with Crippen LogP contribution in [0, 0.1) is 6.92 Å². The minimum atomic E-state index is -0.972. The largest absolute Gasteiger partial charge is 0.300 e. The normalized spacial score (nSPS) is 12.3. The van der Waals surface area contributed by atoms with E-state index in [0.29, 0.717) is 5.02 Å². The number of aromatic nitrogens is 2. The van der Waals surface area contributed by atoms with Crippen LogP contribution in [0.5, 0.6) is 0 Å². The Morgan fingerprint density at radius 3 is 2.27 bits per heavy atom. The van der Waals surface area contributed by atoms with Crippen LogP contribution in [0.4, 0.5) is 0 Å². The molecular weight excluding hydrogens is 316 g/mol. The Morgan fingerprint density at radius 2 is 1.68 bits per heavy atom. The van der Waals surface area contributed by atoms with Gasteiger partial charge in [0.2, 0.25) is 0 Å². The smallest absolute Gasteiger partial charge is 0.144 e. The molecule has 2 aromatic carbocycles. The molecule has 0 saturated carbocycles. The quantitative estimate of drug-likeness (QED) is 0.720. The fourth-order valence-electron chi connectivity index (χ4n) is 2.30. The minimum Gasteiger partial charge on any atom is -0.300 e. The topological polar surface area (TPSA) is 34.9 Å². The van der Waals surface area contributed by atoms with E-state index in [1.165, 1.54) is 0 Å². The van der Waals surface area contributed by atoms with Crippen molar-refractivity contribution < 1.29 is 4.21 Å². The summed E-state index contributed by atoms with van der Waals surface area (Å²) in [7, 11) is -0.972. The SMILES string of the molecule is Cc1cn(-c2ccc(S(C)=O)cc2)c(-c2ccc(Cl)cc2)n1. The predicted octanol–water partition coefficient (Wildman–Crippen LogP) is 4.24. The van der Waals surface area contributed by atoms with Gasteiger partial charge in [-0.25, -0.2) is 4.98 Å². The van der Waals surface area contributed by atoms with Crippen molar-refractivity contribution in [1.82, 2.24) is 9.55 Å². The summed E-state index contributed by atoms with van der Waals surface area (Å²) in [4.78, 5) is 5.42. The maximum atomic E-state index is 11.5. The molecule has 0 aliphatic heterocycles. The zero-order chi connectivity index (χ0) is 15.7. The summed E-state index contributed by atoms with van der Waals surface area (Å²) in [6.45, 7) is 1.96. The van der Waals surface area contributed by atoms with E-state index in [4.69, 9.17) is 11.6 Å². The molecule has 3 aromatic rings. The number of halogens is 1. The molecule has 112 valence electrons. The Kier molecular flexibility index (Phi) is 4.14. The van der Waals surface area contributed by atoms with Gasteiger partial charge >= 0.3 is 0 Å². The van der Waals surface area contributed by atoms with E-state index in [2.05, 4.69) is 4.98 Å². The average Bonchev–Trinajstić information content (AvgIpc) is 2.90. The van der Waals surface area contributed by atoms with Crippen molar-refractivity contribution in [3.8, 4) is 17.1 Å². The van der Waals surface area contributed by atoms with Crippen LogP contribution in [0.3, 0.4) is 0 Å². The van der Waals surface area contributed by atoms with Crippen LogP contribution in [0.15, 0.2) is 59.6 Å². The van der Waals surface area contributed by atoms with Gasteiger partial charge < -0.3 is 0 Å². The van der Waals surface area contributed by atoms with Crippen molar-refractivity contribution >= 4 is 22.4 Å². The van der Waals surface area contributed by atoms with Crippen molar-refractivity contribution in [1.29, 1.82) is 0 Å². The molecule has 22 heavy (non-hydrogen) atoms. The summed E-state index contributed by atoms with van der Waals surface area (Å²) >= 11 is 5.95. The number of hydrogen-bond acceptors (Lipinski definition) is 2. The number of nitrogens with zero attached hydrogens (tertiary/aromatic N) is 2. The highest BCUT2D eigenvalue weighted by Gasteiger charge is 2.10. The summed E-state index contributed by atoms with van der Waals surface area (Å²) in [6.07, 6.45) is 3.66. The molecule has 0 fully saturated rings. The molecule has 1 unspecified atom stereocenters. The number of benzene rings is 2. The second-order valence-corrected chi connectivity index (χ2v) is 6.85. The molecule has 1 aromatic heterocycles. The van der Waals surface area contributed by atoms with E-state index in [1.54, 1.807) is 6.26 Å². The molecule has 5 heteroatoms. The maximum absolute atomic E-state index is 11.5. The molecule has 0 N–H and O–H groups in total. The molecule has 1 heterocycles. The fraction of sp³-hybridized carbons (Fsp3) is 0.118. The Labute approximate surface area is 137 Å². The molecular formula is C17H15ClN2OS. The second kappa shape index (κ2) is 6.07. The molecule has 1 atom stereocenters. The lowest BCUT2D eigenvalue weighted by molar-refractivity contribution is 0.687. The summed E-state index contributed by atoms with van der Waals surface area (Å²) in [5.41, 5.74) is 2.92. The van der Waals surface area contributed by atoms with E-state index < -0.39 is 10.8 Å². The standard InChI is InChI=1S/C17H15ClN2OS/c1-12-11-20(15-7-9-16(10-8-15)22(2)21)17(19-12)13-3-5-14(18)6-4-13/h3-11H,1-2H3. The first-order chi connectivity index (χ1) is 10.5. The molecule has 0 spiro atoms.